The van der Waals surface area contributed by atoms with Crippen molar-refractivity contribution in [2.45, 2.75) is 51.2 Å². The van der Waals surface area contributed by atoms with Crippen molar-refractivity contribution in [3.63, 3.8) is 0 Å². The third kappa shape index (κ3) is 3.16. The van der Waals surface area contributed by atoms with Crippen molar-refractivity contribution in [3.05, 3.63) is 0 Å². The van der Waals surface area contributed by atoms with Crippen molar-refractivity contribution < 1.29 is 0 Å². The van der Waals surface area contributed by atoms with E-state index in [0.29, 0.717) is 18.0 Å². The van der Waals surface area contributed by atoms with Gasteiger partial charge in [0.1, 0.15) is 0 Å². The molecule has 1 heterocycles. The molecule has 2 aliphatic rings. The van der Waals surface area contributed by atoms with Crippen LogP contribution in [0.15, 0.2) is 0 Å². The molecule has 0 aromatic heterocycles. The number of rotatable bonds is 5. The van der Waals surface area contributed by atoms with Gasteiger partial charge in [-0.1, -0.05) is 13.8 Å². The highest BCUT2D eigenvalue weighted by Gasteiger charge is 2.34. The highest BCUT2D eigenvalue weighted by Crippen LogP contribution is 2.29. The molecule has 88 valence electrons. The first-order valence-corrected chi connectivity index (χ1v) is 6.40. The van der Waals surface area contributed by atoms with Crippen LogP contribution < -0.4 is 11.1 Å². The molecule has 3 nitrogen and oxygen atoms in total. The molecule has 1 saturated carbocycles. The minimum Gasteiger partial charge on any atom is -0.326 e. The number of nitrogens with one attached hydrogen (secondary N) is 1. The van der Waals surface area contributed by atoms with E-state index in [1.807, 2.05) is 0 Å². The Labute approximate surface area is 93.4 Å². The number of likely N-dealkylation sites (tertiary alicyclic amines) is 1. The van der Waals surface area contributed by atoms with E-state index in [1.54, 1.807) is 0 Å². The Morgan fingerprint density at radius 2 is 2.07 bits per heavy atom. The van der Waals surface area contributed by atoms with Gasteiger partial charge in [0.25, 0.3) is 0 Å². The summed E-state index contributed by atoms with van der Waals surface area (Å²) in [6.45, 7) is 7.89. The number of hydrogen-bond acceptors (Lipinski definition) is 3. The molecule has 0 spiro atoms. The average molecular weight is 211 g/mol. The van der Waals surface area contributed by atoms with Crippen molar-refractivity contribution in [2.24, 2.45) is 11.7 Å². The minimum atomic E-state index is 0.306. The third-order valence-electron chi connectivity index (χ3n) is 3.78. The molecule has 3 heteroatoms. The van der Waals surface area contributed by atoms with E-state index in [9.17, 15) is 0 Å². The normalized spacial score (nSPS) is 30.0. The van der Waals surface area contributed by atoms with Gasteiger partial charge in [-0.3, -0.25) is 4.90 Å². The lowest BCUT2D eigenvalue weighted by Gasteiger charge is -2.20. The molecule has 0 bridgehead atoms. The third-order valence-corrected chi connectivity index (χ3v) is 3.78. The molecule has 2 fully saturated rings. The molecule has 0 aromatic carbocycles. The maximum Gasteiger partial charge on any atom is 0.0207 e. The molecule has 15 heavy (non-hydrogen) atoms. The van der Waals surface area contributed by atoms with Gasteiger partial charge in [-0.15, -0.1) is 0 Å². The Bertz CT molecular complexity index is 201. The first-order chi connectivity index (χ1) is 7.16. The molecule has 3 N–H and O–H groups in total. The van der Waals surface area contributed by atoms with Gasteiger partial charge in [0.05, 0.1) is 0 Å². The van der Waals surface area contributed by atoms with Crippen LogP contribution >= 0.6 is 0 Å². The van der Waals surface area contributed by atoms with E-state index in [2.05, 4.69) is 24.1 Å². The maximum atomic E-state index is 6.03. The lowest BCUT2D eigenvalue weighted by Crippen LogP contribution is -2.43. The van der Waals surface area contributed by atoms with Gasteiger partial charge in [-0.25, -0.2) is 0 Å². The largest absolute Gasteiger partial charge is 0.326 e. The van der Waals surface area contributed by atoms with Crippen LogP contribution in [0.1, 0.15) is 33.1 Å². The molecule has 0 amide bonds. The van der Waals surface area contributed by atoms with Crippen LogP contribution in [0.5, 0.6) is 0 Å². The first kappa shape index (κ1) is 11.4. The highest BCUT2D eigenvalue weighted by atomic mass is 15.2. The molecular weight excluding hydrogens is 186 g/mol. The molecular formula is C12H25N3. The van der Waals surface area contributed by atoms with Crippen LogP contribution in [0.25, 0.3) is 0 Å². The summed E-state index contributed by atoms with van der Waals surface area (Å²) in [5.41, 5.74) is 6.03. The van der Waals surface area contributed by atoms with E-state index in [0.717, 1.165) is 12.6 Å². The minimum absolute atomic E-state index is 0.306. The molecule has 2 unspecified atom stereocenters. The Hall–Kier alpha value is -0.120. The van der Waals surface area contributed by atoms with Crippen molar-refractivity contribution >= 4 is 0 Å². The van der Waals surface area contributed by atoms with Crippen LogP contribution in [0.3, 0.4) is 0 Å². The quantitative estimate of drug-likeness (QED) is 0.706. The zero-order valence-corrected chi connectivity index (χ0v) is 10.1. The Kier molecular flexibility index (Phi) is 3.65. The van der Waals surface area contributed by atoms with Gasteiger partial charge in [0.15, 0.2) is 0 Å². The summed E-state index contributed by atoms with van der Waals surface area (Å²) in [5, 5.41) is 3.61. The smallest absolute Gasteiger partial charge is 0.0207 e. The summed E-state index contributed by atoms with van der Waals surface area (Å²) in [6.07, 6.45) is 4.16. The average Bonchev–Trinajstić information content (AvgIpc) is 2.95. The first-order valence-electron chi connectivity index (χ1n) is 6.40. The zero-order chi connectivity index (χ0) is 10.8. The summed E-state index contributed by atoms with van der Waals surface area (Å²) in [6, 6.07) is 1.92. The van der Waals surface area contributed by atoms with E-state index >= 15 is 0 Å². The molecule has 0 aromatic rings. The molecule has 1 saturated heterocycles. The summed E-state index contributed by atoms with van der Waals surface area (Å²) in [7, 11) is 0. The fourth-order valence-corrected chi connectivity index (χ4v) is 2.26. The lowest BCUT2D eigenvalue weighted by atomic mass is 10.1. The number of nitrogens with two attached hydrogens (primary N) is 1. The highest BCUT2D eigenvalue weighted by molar-refractivity contribution is 4.92. The number of hydrogen-bond donors (Lipinski definition) is 2. The van der Waals surface area contributed by atoms with E-state index in [-0.39, 0.29) is 0 Å². The Morgan fingerprint density at radius 1 is 1.33 bits per heavy atom. The zero-order valence-electron chi connectivity index (χ0n) is 10.1. The second-order valence-electron chi connectivity index (χ2n) is 5.53. The van der Waals surface area contributed by atoms with Crippen molar-refractivity contribution in [3.8, 4) is 0 Å². The summed E-state index contributed by atoms with van der Waals surface area (Å²) in [4.78, 5) is 2.64. The monoisotopic (exact) mass is 211 g/mol. The predicted octanol–water partition coefficient (Wildman–Crippen LogP) is 0.796. The molecule has 2 atom stereocenters. The van der Waals surface area contributed by atoms with Gasteiger partial charge in [0, 0.05) is 37.8 Å². The molecule has 0 radical (unpaired) electrons. The van der Waals surface area contributed by atoms with E-state index in [1.165, 1.54) is 32.4 Å². The second-order valence-corrected chi connectivity index (χ2v) is 5.53. The van der Waals surface area contributed by atoms with Gasteiger partial charge in [0.2, 0.25) is 0 Å². The molecule has 2 rings (SSSR count). The fraction of sp³-hybridized carbons (Fsp3) is 1.00. The van der Waals surface area contributed by atoms with Crippen LogP contribution in [0.2, 0.25) is 0 Å². The van der Waals surface area contributed by atoms with E-state index in [4.69, 9.17) is 5.73 Å². The molecule has 1 aliphatic carbocycles. The van der Waals surface area contributed by atoms with Crippen LogP contribution in [-0.4, -0.2) is 42.7 Å². The lowest BCUT2D eigenvalue weighted by molar-refractivity contribution is 0.314. The summed E-state index contributed by atoms with van der Waals surface area (Å²) < 4.78 is 0. The van der Waals surface area contributed by atoms with Crippen molar-refractivity contribution in [1.82, 2.24) is 10.2 Å². The van der Waals surface area contributed by atoms with Gasteiger partial charge in [-0.2, -0.15) is 0 Å². The van der Waals surface area contributed by atoms with Gasteiger partial charge in [-0.05, 0) is 25.2 Å². The SMILES string of the molecule is CC(C)C(N)CNC1CCN(C2CC2)C1. The summed E-state index contributed by atoms with van der Waals surface area (Å²) >= 11 is 0. The Morgan fingerprint density at radius 3 is 2.67 bits per heavy atom. The predicted molar refractivity (Wildman–Crippen MR) is 63.8 cm³/mol. The number of nitrogens with zero attached hydrogens (tertiary/aromatic N) is 1. The topological polar surface area (TPSA) is 41.3 Å². The van der Waals surface area contributed by atoms with Crippen LogP contribution in [-0.2, 0) is 0 Å². The fourth-order valence-electron chi connectivity index (χ4n) is 2.26. The van der Waals surface area contributed by atoms with Crippen LogP contribution in [0.4, 0.5) is 0 Å². The molecule has 1 aliphatic heterocycles. The van der Waals surface area contributed by atoms with E-state index < -0.39 is 0 Å². The maximum absolute atomic E-state index is 6.03. The second kappa shape index (κ2) is 4.81. The van der Waals surface area contributed by atoms with Crippen molar-refractivity contribution in [2.75, 3.05) is 19.6 Å². The standard InChI is InChI=1S/C12H25N3/c1-9(2)12(13)7-14-10-5-6-15(8-10)11-3-4-11/h9-12,14H,3-8,13H2,1-2H3. The summed E-state index contributed by atoms with van der Waals surface area (Å²) in [5.74, 6) is 0.582. The van der Waals surface area contributed by atoms with Gasteiger partial charge >= 0.3 is 0 Å². The van der Waals surface area contributed by atoms with Gasteiger partial charge < -0.3 is 11.1 Å². The van der Waals surface area contributed by atoms with Crippen molar-refractivity contribution in [1.29, 1.82) is 0 Å². The Balaban J connectivity index is 1.63. The van der Waals surface area contributed by atoms with Crippen LogP contribution in [0, 0.1) is 5.92 Å².